The fourth-order valence-corrected chi connectivity index (χ4v) is 2.89. The summed E-state index contributed by atoms with van der Waals surface area (Å²) in [6.45, 7) is 9.70. The van der Waals surface area contributed by atoms with Gasteiger partial charge in [-0.3, -0.25) is 0 Å². The molecule has 1 amide bonds. The average molecular weight is 285 g/mol. The zero-order valence-electron chi connectivity index (χ0n) is 13.9. The standard InChI is InChI=1S/C16H31NO3/c1-15(2,3)20-14(18)17-13(16(4,5)19-6)12-10-8-7-9-11-12/h12-13H,7-11H2,1-6H3,(H,17,18)/t13-/m0/s1. The van der Waals surface area contributed by atoms with Crippen LogP contribution < -0.4 is 5.32 Å². The van der Waals surface area contributed by atoms with Crippen LogP contribution in [0.3, 0.4) is 0 Å². The van der Waals surface area contributed by atoms with Gasteiger partial charge in [0.15, 0.2) is 0 Å². The Balaban J connectivity index is 2.75. The van der Waals surface area contributed by atoms with Gasteiger partial charge in [0.1, 0.15) is 5.60 Å². The van der Waals surface area contributed by atoms with Crippen LogP contribution in [-0.2, 0) is 9.47 Å². The number of carbonyl (C=O) groups excluding carboxylic acids is 1. The molecule has 1 atom stereocenters. The zero-order chi connectivity index (χ0) is 15.4. The molecule has 20 heavy (non-hydrogen) atoms. The van der Waals surface area contributed by atoms with Crippen LogP contribution in [0.4, 0.5) is 4.79 Å². The third-order valence-corrected chi connectivity index (χ3v) is 4.07. The zero-order valence-corrected chi connectivity index (χ0v) is 13.9. The van der Waals surface area contributed by atoms with Gasteiger partial charge in [0.05, 0.1) is 11.6 Å². The molecule has 1 rings (SSSR count). The van der Waals surface area contributed by atoms with Crippen LogP contribution in [0.1, 0.15) is 66.7 Å². The third-order valence-electron chi connectivity index (χ3n) is 4.07. The van der Waals surface area contributed by atoms with E-state index in [9.17, 15) is 4.79 Å². The van der Waals surface area contributed by atoms with Gasteiger partial charge in [0.25, 0.3) is 0 Å². The van der Waals surface area contributed by atoms with Crippen LogP contribution in [0.25, 0.3) is 0 Å². The van der Waals surface area contributed by atoms with Crippen molar-refractivity contribution in [3.63, 3.8) is 0 Å². The van der Waals surface area contributed by atoms with Crippen LogP contribution in [0.5, 0.6) is 0 Å². The monoisotopic (exact) mass is 285 g/mol. The highest BCUT2D eigenvalue weighted by Gasteiger charge is 2.38. The molecular formula is C16H31NO3. The van der Waals surface area contributed by atoms with Crippen molar-refractivity contribution in [1.29, 1.82) is 0 Å². The smallest absolute Gasteiger partial charge is 0.407 e. The molecule has 0 aromatic heterocycles. The summed E-state index contributed by atoms with van der Waals surface area (Å²) in [5, 5.41) is 3.05. The molecule has 0 saturated heterocycles. The number of hydrogen-bond donors (Lipinski definition) is 1. The summed E-state index contributed by atoms with van der Waals surface area (Å²) in [6, 6.07) is -0.0114. The number of alkyl carbamates (subject to hydrolysis) is 1. The summed E-state index contributed by atoms with van der Waals surface area (Å²) in [7, 11) is 1.70. The maximum atomic E-state index is 12.1. The number of methoxy groups -OCH3 is 1. The van der Waals surface area contributed by atoms with Crippen LogP contribution in [0.2, 0.25) is 0 Å². The van der Waals surface area contributed by atoms with Crippen LogP contribution in [-0.4, -0.2) is 30.4 Å². The van der Waals surface area contributed by atoms with Crippen LogP contribution in [0.15, 0.2) is 0 Å². The van der Waals surface area contributed by atoms with E-state index in [4.69, 9.17) is 9.47 Å². The number of ether oxygens (including phenoxy) is 2. The van der Waals surface area contributed by atoms with Gasteiger partial charge in [0.2, 0.25) is 0 Å². The van der Waals surface area contributed by atoms with Gasteiger partial charge in [-0.25, -0.2) is 4.79 Å². The number of nitrogens with one attached hydrogen (secondary N) is 1. The lowest BCUT2D eigenvalue weighted by Gasteiger charge is -2.40. The van der Waals surface area contributed by atoms with E-state index in [1.54, 1.807) is 7.11 Å². The first kappa shape index (κ1) is 17.3. The molecule has 0 radical (unpaired) electrons. The first-order valence-corrected chi connectivity index (χ1v) is 7.70. The largest absolute Gasteiger partial charge is 0.444 e. The van der Waals surface area contributed by atoms with E-state index in [1.165, 1.54) is 19.3 Å². The molecule has 0 aromatic rings. The first-order valence-electron chi connectivity index (χ1n) is 7.70. The molecule has 4 heteroatoms. The van der Waals surface area contributed by atoms with Gasteiger partial charge in [-0.1, -0.05) is 19.3 Å². The molecule has 1 fully saturated rings. The Hall–Kier alpha value is -0.770. The number of amides is 1. The number of rotatable bonds is 4. The van der Waals surface area contributed by atoms with Crippen molar-refractivity contribution >= 4 is 6.09 Å². The Morgan fingerprint density at radius 3 is 2.10 bits per heavy atom. The second kappa shape index (κ2) is 6.79. The molecule has 0 bridgehead atoms. The van der Waals surface area contributed by atoms with Crippen molar-refractivity contribution in [2.45, 2.75) is 84.0 Å². The SMILES string of the molecule is COC(C)(C)[C@@H](NC(=O)OC(C)(C)C)C1CCCCC1. The minimum absolute atomic E-state index is 0.0114. The van der Waals surface area contributed by atoms with Crippen LogP contribution in [0, 0.1) is 5.92 Å². The molecule has 1 aliphatic rings. The quantitative estimate of drug-likeness (QED) is 0.852. The highest BCUT2D eigenvalue weighted by atomic mass is 16.6. The third kappa shape index (κ3) is 5.31. The fraction of sp³-hybridized carbons (Fsp3) is 0.938. The molecule has 118 valence electrons. The van der Waals surface area contributed by atoms with E-state index in [2.05, 4.69) is 5.32 Å². The molecule has 0 aromatic carbocycles. The van der Waals surface area contributed by atoms with Gasteiger partial charge in [-0.15, -0.1) is 0 Å². The lowest BCUT2D eigenvalue weighted by Crippen LogP contribution is -2.55. The number of carbonyl (C=O) groups is 1. The van der Waals surface area contributed by atoms with Crippen molar-refractivity contribution in [3.05, 3.63) is 0 Å². The summed E-state index contributed by atoms with van der Waals surface area (Å²) < 4.78 is 11.0. The summed E-state index contributed by atoms with van der Waals surface area (Å²) in [4.78, 5) is 12.1. The molecular weight excluding hydrogens is 254 g/mol. The van der Waals surface area contributed by atoms with Crippen molar-refractivity contribution in [2.75, 3.05) is 7.11 Å². The lowest BCUT2D eigenvalue weighted by molar-refractivity contribution is -0.0370. The summed E-state index contributed by atoms with van der Waals surface area (Å²) in [5.41, 5.74) is -0.864. The van der Waals surface area contributed by atoms with Gasteiger partial charge >= 0.3 is 6.09 Å². The Kier molecular flexibility index (Phi) is 5.87. The Morgan fingerprint density at radius 2 is 1.65 bits per heavy atom. The van der Waals surface area contributed by atoms with E-state index in [-0.39, 0.29) is 17.7 Å². The van der Waals surface area contributed by atoms with E-state index < -0.39 is 5.60 Å². The second-order valence-electron chi connectivity index (χ2n) is 7.33. The van der Waals surface area contributed by atoms with Crippen molar-refractivity contribution in [3.8, 4) is 0 Å². The second-order valence-corrected chi connectivity index (χ2v) is 7.33. The molecule has 0 heterocycles. The molecule has 0 unspecified atom stereocenters. The van der Waals surface area contributed by atoms with Crippen molar-refractivity contribution in [2.24, 2.45) is 5.92 Å². The highest BCUT2D eigenvalue weighted by Crippen LogP contribution is 2.32. The topological polar surface area (TPSA) is 47.6 Å². The summed E-state index contributed by atoms with van der Waals surface area (Å²) in [5.74, 6) is 0.464. The molecule has 4 nitrogen and oxygen atoms in total. The Bertz CT molecular complexity index is 314. The average Bonchev–Trinajstić information content (AvgIpc) is 2.35. The highest BCUT2D eigenvalue weighted by molar-refractivity contribution is 5.68. The Labute approximate surface area is 123 Å². The molecule has 1 N–H and O–H groups in total. The van der Waals surface area contributed by atoms with Crippen LogP contribution >= 0.6 is 0 Å². The maximum Gasteiger partial charge on any atom is 0.407 e. The van der Waals surface area contributed by atoms with Gasteiger partial charge in [-0.2, -0.15) is 0 Å². The van der Waals surface area contributed by atoms with Crippen molar-refractivity contribution in [1.82, 2.24) is 5.32 Å². The van der Waals surface area contributed by atoms with Gasteiger partial charge in [-0.05, 0) is 53.4 Å². The summed E-state index contributed by atoms with van der Waals surface area (Å²) in [6.07, 6.45) is 5.70. The molecule has 1 aliphatic carbocycles. The molecule has 1 saturated carbocycles. The van der Waals surface area contributed by atoms with E-state index in [0.29, 0.717) is 5.92 Å². The van der Waals surface area contributed by atoms with E-state index in [1.807, 2.05) is 34.6 Å². The number of hydrogen-bond acceptors (Lipinski definition) is 3. The minimum Gasteiger partial charge on any atom is -0.444 e. The molecule has 0 spiro atoms. The fourth-order valence-electron chi connectivity index (χ4n) is 2.89. The lowest BCUT2D eigenvalue weighted by atomic mass is 9.78. The Morgan fingerprint density at radius 1 is 1.10 bits per heavy atom. The predicted octanol–water partition coefficient (Wildman–Crippen LogP) is 3.89. The normalized spacial score (nSPS) is 19.5. The van der Waals surface area contributed by atoms with E-state index >= 15 is 0 Å². The van der Waals surface area contributed by atoms with E-state index in [0.717, 1.165) is 12.8 Å². The van der Waals surface area contributed by atoms with Gasteiger partial charge in [0, 0.05) is 7.11 Å². The molecule has 0 aliphatic heterocycles. The first-order chi connectivity index (χ1) is 9.15. The predicted molar refractivity (Wildman–Crippen MR) is 80.8 cm³/mol. The van der Waals surface area contributed by atoms with Crippen molar-refractivity contribution < 1.29 is 14.3 Å². The minimum atomic E-state index is -0.474. The maximum absolute atomic E-state index is 12.1. The van der Waals surface area contributed by atoms with Gasteiger partial charge < -0.3 is 14.8 Å². The summed E-state index contributed by atoms with van der Waals surface area (Å²) >= 11 is 0.